The number of carboxylic acid groups (broad SMARTS) is 1. The Hall–Kier alpha value is -2.58. The summed E-state index contributed by atoms with van der Waals surface area (Å²) in [5.41, 5.74) is 1.07. The Labute approximate surface area is 140 Å². The summed E-state index contributed by atoms with van der Waals surface area (Å²) < 4.78 is 41.0. The van der Waals surface area contributed by atoms with Crippen molar-refractivity contribution in [1.82, 2.24) is 14.3 Å². The van der Waals surface area contributed by atoms with Crippen LogP contribution in [0.3, 0.4) is 0 Å². The molecule has 134 valence electrons. The van der Waals surface area contributed by atoms with Crippen LogP contribution in [0.2, 0.25) is 0 Å². The maximum absolute atomic E-state index is 13.0. The molecule has 1 aliphatic heterocycles. The van der Waals surface area contributed by atoms with E-state index in [-0.39, 0.29) is 12.4 Å². The molecule has 0 aliphatic carbocycles. The molecule has 2 atom stereocenters. The number of fused-ring (bicyclic) bond motifs is 1. The van der Waals surface area contributed by atoms with Gasteiger partial charge in [-0.05, 0) is 18.9 Å². The summed E-state index contributed by atoms with van der Waals surface area (Å²) >= 11 is 0. The summed E-state index contributed by atoms with van der Waals surface area (Å²) in [6, 6.07) is 5.70. The van der Waals surface area contributed by atoms with Crippen molar-refractivity contribution in [3.05, 3.63) is 51.7 Å². The van der Waals surface area contributed by atoms with Crippen molar-refractivity contribution in [2.75, 3.05) is 0 Å². The molecule has 0 amide bonds. The number of benzene rings is 1. The predicted molar refractivity (Wildman–Crippen MR) is 81.3 cm³/mol. The van der Waals surface area contributed by atoms with E-state index < -0.39 is 42.6 Å². The Bertz CT molecular complexity index is 852. The van der Waals surface area contributed by atoms with Gasteiger partial charge in [-0.2, -0.15) is 18.3 Å². The Kier molecular flexibility index (Phi) is 4.18. The predicted octanol–water partition coefficient (Wildman–Crippen LogP) is 2.15. The number of aryl methyl sites for hydroxylation is 1. The van der Waals surface area contributed by atoms with E-state index in [0.717, 1.165) is 20.4 Å². The van der Waals surface area contributed by atoms with E-state index in [0.29, 0.717) is 0 Å². The van der Waals surface area contributed by atoms with Crippen molar-refractivity contribution in [3.8, 4) is 0 Å². The van der Waals surface area contributed by atoms with Crippen LogP contribution in [0.5, 0.6) is 0 Å². The van der Waals surface area contributed by atoms with E-state index in [1.165, 1.54) is 0 Å². The third-order valence-corrected chi connectivity index (χ3v) is 4.39. The summed E-state index contributed by atoms with van der Waals surface area (Å²) in [5, 5.41) is 13.2. The van der Waals surface area contributed by atoms with Crippen molar-refractivity contribution in [2.24, 2.45) is 5.92 Å². The highest BCUT2D eigenvalue weighted by Gasteiger charge is 2.47. The molecule has 9 heteroatoms. The van der Waals surface area contributed by atoms with Gasteiger partial charge in [-0.1, -0.05) is 29.8 Å². The minimum absolute atomic E-state index is 0.0716. The van der Waals surface area contributed by atoms with Crippen LogP contribution in [0, 0.1) is 12.8 Å². The molecule has 6 nitrogen and oxygen atoms in total. The summed E-state index contributed by atoms with van der Waals surface area (Å²) in [6.07, 6.45) is -5.69. The van der Waals surface area contributed by atoms with E-state index in [4.69, 9.17) is 0 Å². The van der Waals surface area contributed by atoms with Gasteiger partial charge in [-0.3, -0.25) is 4.57 Å². The van der Waals surface area contributed by atoms with Crippen LogP contribution in [0.25, 0.3) is 0 Å². The molecule has 0 saturated carbocycles. The lowest BCUT2D eigenvalue weighted by Crippen LogP contribution is -2.40. The fourth-order valence-electron chi connectivity index (χ4n) is 3.03. The van der Waals surface area contributed by atoms with E-state index in [9.17, 15) is 27.9 Å². The maximum atomic E-state index is 13.0. The highest BCUT2D eigenvalue weighted by atomic mass is 19.4. The number of carboxylic acids is 1. The van der Waals surface area contributed by atoms with Crippen molar-refractivity contribution in [2.45, 2.75) is 38.5 Å². The molecule has 1 aromatic heterocycles. The van der Waals surface area contributed by atoms with E-state index in [1.54, 1.807) is 12.1 Å². The second-order valence-corrected chi connectivity index (χ2v) is 6.24. The van der Waals surface area contributed by atoms with Crippen LogP contribution in [0.1, 0.15) is 29.4 Å². The minimum Gasteiger partial charge on any atom is -0.480 e. The van der Waals surface area contributed by atoms with Crippen molar-refractivity contribution < 1.29 is 23.1 Å². The van der Waals surface area contributed by atoms with Gasteiger partial charge in [0.25, 0.3) is 0 Å². The highest BCUT2D eigenvalue weighted by molar-refractivity contribution is 5.72. The summed E-state index contributed by atoms with van der Waals surface area (Å²) in [6.45, 7) is 1.97. The zero-order valence-electron chi connectivity index (χ0n) is 13.3. The Morgan fingerprint density at radius 1 is 1.32 bits per heavy atom. The maximum Gasteiger partial charge on any atom is 0.392 e. The quantitative estimate of drug-likeness (QED) is 0.915. The fraction of sp³-hybridized carbons (Fsp3) is 0.438. The molecule has 1 aromatic carbocycles. The zero-order valence-corrected chi connectivity index (χ0v) is 13.3. The standard InChI is InChI=1S/C16H16F3N3O3/c1-9-2-4-10(5-3-9)8-21-15(25)22-12(14(23)24)6-11(16(17,18)19)7-13(22)20-21/h2-5,11-12H,6-8H2,1H3,(H,23,24). The number of rotatable bonds is 3. The third kappa shape index (κ3) is 3.31. The van der Waals surface area contributed by atoms with Gasteiger partial charge < -0.3 is 5.11 Å². The number of hydrogen-bond acceptors (Lipinski definition) is 3. The van der Waals surface area contributed by atoms with Crippen LogP contribution in [0.15, 0.2) is 29.1 Å². The number of aromatic nitrogens is 3. The first kappa shape index (κ1) is 17.2. The number of aliphatic carboxylic acids is 1. The number of hydrogen-bond donors (Lipinski definition) is 1. The Balaban J connectivity index is 1.99. The lowest BCUT2D eigenvalue weighted by Gasteiger charge is -2.28. The summed E-state index contributed by atoms with van der Waals surface area (Å²) in [7, 11) is 0. The molecule has 2 aromatic rings. The molecule has 25 heavy (non-hydrogen) atoms. The largest absolute Gasteiger partial charge is 0.480 e. The molecule has 0 fully saturated rings. The molecule has 0 bridgehead atoms. The lowest BCUT2D eigenvalue weighted by atomic mass is 9.92. The Morgan fingerprint density at radius 2 is 1.96 bits per heavy atom. The van der Waals surface area contributed by atoms with E-state index in [1.807, 2.05) is 19.1 Å². The molecule has 0 spiro atoms. The molecular weight excluding hydrogens is 339 g/mol. The van der Waals surface area contributed by atoms with Crippen LogP contribution < -0.4 is 5.69 Å². The van der Waals surface area contributed by atoms with Gasteiger partial charge in [0.15, 0.2) is 0 Å². The van der Waals surface area contributed by atoms with Crippen LogP contribution in [0.4, 0.5) is 13.2 Å². The number of nitrogens with zero attached hydrogens (tertiary/aromatic N) is 3. The second kappa shape index (κ2) is 6.05. The van der Waals surface area contributed by atoms with Crippen molar-refractivity contribution in [3.63, 3.8) is 0 Å². The molecule has 2 unspecified atom stereocenters. The van der Waals surface area contributed by atoms with E-state index in [2.05, 4.69) is 5.10 Å². The van der Waals surface area contributed by atoms with Gasteiger partial charge in [-0.25, -0.2) is 14.3 Å². The van der Waals surface area contributed by atoms with Gasteiger partial charge in [0.05, 0.1) is 12.5 Å². The average Bonchev–Trinajstić information content (AvgIpc) is 2.84. The lowest BCUT2D eigenvalue weighted by molar-refractivity contribution is -0.183. The molecule has 3 rings (SSSR count). The molecule has 1 aliphatic rings. The van der Waals surface area contributed by atoms with Crippen LogP contribution >= 0.6 is 0 Å². The molecular formula is C16H16F3N3O3. The molecule has 0 radical (unpaired) electrons. The van der Waals surface area contributed by atoms with Crippen LogP contribution in [-0.2, 0) is 17.8 Å². The number of alkyl halides is 3. The van der Waals surface area contributed by atoms with Crippen molar-refractivity contribution >= 4 is 5.97 Å². The van der Waals surface area contributed by atoms with Gasteiger partial charge in [0.2, 0.25) is 0 Å². The SMILES string of the molecule is Cc1ccc(Cn2nc3n(c2=O)C(C(=O)O)CC(C(F)(F)F)C3)cc1. The van der Waals surface area contributed by atoms with Gasteiger partial charge in [-0.15, -0.1) is 0 Å². The molecule has 1 N–H and O–H groups in total. The average molecular weight is 355 g/mol. The minimum atomic E-state index is -4.53. The number of carbonyl (C=O) groups is 1. The summed E-state index contributed by atoms with van der Waals surface area (Å²) in [4.78, 5) is 23.9. The monoisotopic (exact) mass is 355 g/mol. The normalized spacial score (nSPS) is 20.3. The fourth-order valence-corrected chi connectivity index (χ4v) is 3.03. The first-order valence-electron chi connectivity index (χ1n) is 7.70. The van der Waals surface area contributed by atoms with E-state index >= 15 is 0 Å². The topological polar surface area (TPSA) is 77.1 Å². The molecule has 2 heterocycles. The van der Waals surface area contributed by atoms with Crippen molar-refractivity contribution in [1.29, 1.82) is 0 Å². The first-order chi connectivity index (χ1) is 11.7. The Morgan fingerprint density at radius 3 is 2.52 bits per heavy atom. The van der Waals surface area contributed by atoms with Gasteiger partial charge >= 0.3 is 17.8 Å². The van der Waals surface area contributed by atoms with Gasteiger partial charge in [0.1, 0.15) is 11.9 Å². The number of halogens is 3. The summed E-state index contributed by atoms with van der Waals surface area (Å²) in [5.74, 6) is -3.43. The van der Waals surface area contributed by atoms with Gasteiger partial charge in [0, 0.05) is 6.42 Å². The molecule has 0 saturated heterocycles. The van der Waals surface area contributed by atoms with Crippen LogP contribution in [-0.4, -0.2) is 31.6 Å². The third-order valence-electron chi connectivity index (χ3n) is 4.39. The first-order valence-corrected chi connectivity index (χ1v) is 7.70. The zero-order chi connectivity index (χ0) is 18.4. The second-order valence-electron chi connectivity index (χ2n) is 6.24. The highest BCUT2D eigenvalue weighted by Crippen LogP contribution is 2.38. The smallest absolute Gasteiger partial charge is 0.392 e.